The van der Waals surface area contributed by atoms with Crippen LogP contribution in [0.4, 0.5) is 19.0 Å². The molecule has 0 aliphatic heterocycles. The molecule has 0 spiro atoms. The van der Waals surface area contributed by atoms with Crippen molar-refractivity contribution in [1.82, 2.24) is 4.98 Å². The molecule has 0 aliphatic rings. The van der Waals surface area contributed by atoms with Crippen molar-refractivity contribution < 1.29 is 18.3 Å². The van der Waals surface area contributed by atoms with Crippen LogP contribution >= 0.6 is 11.6 Å². The average molecular weight is 241 g/mol. The van der Waals surface area contributed by atoms with Gasteiger partial charge in [-0.1, -0.05) is 11.6 Å². The number of halogens is 4. The quantitative estimate of drug-likeness (QED) is 0.851. The average Bonchev–Trinajstić information content (AvgIpc) is 2.14. The highest BCUT2D eigenvalue weighted by Gasteiger charge is 2.31. The van der Waals surface area contributed by atoms with Crippen molar-refractivity contribution in [3.05, 3.63) is 22.8 Å². The number of nitrogens with one attached hydrogen (secondary N) is 1. The molecule has 15 heavy (non-hydrogen) atoms. The van der Waals surface area contributed by atoms with Crippen LogP contribution in [0.3, 0.4) is 0 Å². The molecule has 0 bridgehead atoms. The number of aliphatic hydroxyl groups excluding tert-OH is 1. The summed E-state index contributed by atoms with van der Waals surface area (Å²) in [6, 6.07) is 0.786. The Morgan fingerprint density at radius 1 is 1.47 bits per heavy atom. The summed E-state index contributed by atoms with van der Waals surface area (Å²) < 4.78 is 36.6. The first-order chi connectivity index (χ1) is 6.95. The van der Waals surface area contributed by atoms with Gasteiger partial charge in [0.15, 0.2) is 0 Å². The van der Waals surface area contributed by atoms with Crippen LogP contribution < -0.4 is 5.32 Å². The highest BCUT2D eigenvalue weighted by atomic mass is 35.5. The smallest absolute Gasteiger partial charge is 0.395 e. The Hall–Kier alpha value is -1.01. The Morgan fingerprint density at radius 2 is 2.13 bits per heavy atom. The third kappa shape index (κ3) is 3.24. The third-order valence-electron chi connectivity index (χ3n) is 1.57. The Balaban J connectivity index is 2.88. The van der Waals surface area contributed by atoms with Gasteiger partial charge in [-0.2, -0.15) is 13.2 Å². The zero-order chi connectivity index (χ0) is 11.5. The molecule has 0 saturated heterocycles. The van der Waals surface area contributed by atoms with E-state index in [-0.39, 0.29) is 24.0 Å². The van der Waals surface area contributed by atoms with Crippen molar-refractivity contribution >= 4 is 17.4 Å². The van der Waals surface area contributed by atoms with E-state index in [0.717, 1.165) is 6.07 Å². The highest BCUT2D eigenvalue weighted by molar-refractivity contribution is 6.32. The molecular formula is C8H8ClF3N2O. The number of aromatic nitrogens is 1. The van der Waals surface area contributed by atoms with Gasteiger partial charge in [0.25, 0.3) is 0 Å². The Kier molecular flexibility index (Phi) is 3.76. The highest BCUT2D eigenvalue weighted by Crippen LogP contribution is 2.32. The molecule has 0 fully saturated rings. The van der Waals surface area contributed by atoms with E-state index in [0.29, 0.717) is 6.20 Å². The molecule has 3 nitrogen and oxygen atoms in total. The number of pyridine rings is 1. The number of alkyl halides is 3. The van der Waals surface area contributed by atoms with E-state index in [1.165, 1.54) is 0 Å². The molecule has 1 rings (SSSR count). The maximum atomic E-state index is 12.2. The van der Waals surface area contributed by atoms with Crippen molar-refractivity contribution in [2.75, 3.05) is 18.5 Å². The van der Waals surface area contributed by atoms with Crippen molar-refractivity contribution in [1.29, 1.82) is 0 Å². The molecule has 0 unspecified atom stereocenters. The lowest BCUT2D eigenvalue weighted by Crippen LogP contribution is -2.10. The fourth-order valence-electron chi connectivity index (χ4n) is 0.897. The van der Waals surface area contributed by atoms with Gasteiger partial charge in [-0.15, -0.1) is 0 Å². The number of hydrogen-bond donors (Lipinski definition) is 2. The van der Waals surface area contributed by atoms with Gasteiger partial charge >= 0.3 is 6.18 Å². The van der Waals surface area contributed by atoms with Crippen LogP contribution in [-0.2, 0) is 6.18 Å². The molecule has 0 aromatic carbocycles. The maximum Gasteiger partial charge on any atom is 0.417 e. The normalized spacial score (nSPS) is 11.5. The summed E-state index contributed by atoms with van der Waals surface area (Å²) in [6.07, 6.45) is -3.77. The summed E-state index contributed by atoms with van der Waals surface area (Å²) in [6.45, 7) is 0.0249. The van der Waals surface area contributed by atoms with Gasteiger partial charge in [-0.05, 0) is 6.07 Å². The van der Waals surface area contributed by atoms with Crippen LogP contribution in [0, 0.1) is 0 Å². The molecular weight excluding hydrogens is 233 g/mol. The number of nitrogens with zero attached hydrogens (tertiary/aromatic N) is 1. The van der Waals surface area contributed by atoms with Crippen LogP contribution in [-0.4, -0.2) is 23.2 Å². The molecule has 7 heteroatoms. The van der Waals surface area contributed by atoms with Crippen molar-refractivity contribution in [2.45, 2.75) is 6.18 Å². The first kappa shape index (κ1) is 12.1. The van der Waals surface area contributed by atoms with Gasteiger partial charge in [-0.25, -0.2) is 4.98 Å². The van der Waals surface area contributed by atoms with E-state index >= 15 is 0 Å². The second-order valence-corrected chi connectivity index (χ2v) is 3.11. The Bertz CT molecular complexity index is 343. The first-order valence-corrected chi connectivity index (χ1v) is 4.40. The van der Waals surface area contributed by atoms with Gasteiger partial charge in [0, 0.05) is 12.7 Å². The minimum Gasteiger partial charge on any atom is -0.395 e. The summed E-state index contributed by atoms with van der Waals surface area (Å²) in [4.78, 5) is 3.51. The second-order valence-electron chi connectivity index (χ2n) is 2.70. The molecule has 2 N–H and O–H groups in total. The Labute approximate surface area is 88.9 Å². The minimum atomic E-state index is -4.45. The summed E-state index contributed by atoms with van der Waals surface area (Å²) in [7, 11) is 0. The lowest BCUT2D eigenvalue weighted by atomic mass is 10.3. The van der Waals surface area contributed by atoms with Gasteiger partial charge < -0.3 is 10.4 Å². The molecule has 1 aromatic heterocycles. The number of hydrogen-bond acceptors (Lipinski definition) is 3. The van der Waals surface area contributed by atoms with Gasteiger partial charge in [0.2, 0.25) is 0 Å². The number of aliphatic hydroxyl groups is 1. The fourth-order valence-corrected chi connectivity index (χ4v) is 1.13. The van der Waals surface area contributed by atoms with Crippen molar-refractivity contribution in [2.24, 2.45) is 0 Å². The Morgan fingerprint density at radius 3 is 2.60 bits per heavy atom. The largest absolute Gasteiger partial charge is 0.417 e. The van der Waals surface area contributed by atoms with Crippen LogP contribution in [0.15, 0.2) is 12.3 Å². The summed E-state index contributed by atoms with van der Waals surface area (Å²) >= 11 is 5.56. The summed E-state index contributed by atoms with van der Waals surface area (Å²) in [5.41, 5.74) is -0.901. The molecule has 0 saturated carbocycles. The zero-order valence-corrected chi connectivity index (χ0v) is 8.23. The molecule has 0 atom stereocenters. The van der Waals surface area contributed by atoms with Crippen LogP contribution in [0.5, 0.6) is 0 Å². The number of rotatable bonds is 3. The van der Waals surface area contributed by atoms with Crippen molar-refractivity contribution in [3.8, 4) is 0 Å². The van der Waals surface area contributed by atoms with Crippen molar-refractivity contribution in [3.63, 3.8) is 0 Å². The van der Waals surface area contributed by atoms with Crippen LogP contribution in [0.25, 0.3) is 0 Å². The molecule has 84 valence electrons. The summed E-state index contributed by atoms with van der Waals surface area (Å²) in [5.74, 6) is 0.124. The SMILES string of the molecule is OCCNc1ncc(C(F)(F)F)cc1Cl. The lowest BCUT2D eigenvalue weighted by Gasteiger charge is -2.09. The van der Waals surface area contributed by atoms with Gasteiger partial charge in [0.1, 0.15) is 5.82 Å². The van der Waals surface area contributed by atoms with E-state index in [2.05, 4.69) is 10.3 Å². The van der Waals surface area contributed by atoms with E-state index in [4.69, 9.17) is 16.7 Å². The monoisotopic (exact) mass is 240 g/mol. The number of anilines is 1. The first-order valence-electron chi connectivity index (χ1n) is 4.02. The van der Waals surface area contributed by atoms with E-state index in [9.17, 15) is 13.2 Å². The standard InChI is InChI=1S/C8H8ClF3N2O/c9-6-3-5(8(10,11)12)4-14-7(6)13-1-2-15/h3-4,15H,1-2H2,(H,13,14). The van der Waals surface area contributed by atoms with Crippen LogP contribution in [0.2, 0.25) is 5.02 Å². The minimum absolute atomic E-state index is 0.124. The fraction of sp³-hybridized carbons (Fsp3) is 0.375. The zero-order valence-electron chi connectivity index (χ0n) is 7.48. The molecule has 1 heterocycles. The van der Waals surface area contributed by atoms with Gasteiger partial charge in [-0.3, -0.25) is 0 Å². The topological polar surface area (TPSA) is 45.1 Å². The molecule has 1 aromatic rings. The second kappa shape index (κ2) is 4.67. The third-order valence-corrected chi connectivity index (χ3v) is 1.86. The lowest BCUT2D eigenvalue weighted by molar-refractivity contribution is -0.137. The molecule has 0 radical (unpaired) electrons. The van der Waals surface area contributed by atoms with E-state index in [1.54, 1.807) is 0 Å². The van der Waals surface area contributed by atoms with E-state index < -0.39 is 11.7 Å². The maximum absolute atomic E-state index is 12.2. The predicted molar refractivity (Wildman–Crippen MR) is 49.8 cm³/mol. The van der Waals surface area contributed by atoms with E-state index in [1.807, 2.05) is 0 Å². The van der Waals surface area contributed by atoms with Crippen LogP contribution in [0.1, 0.15) is 5.56 Å². The van der Waals surface area contributed by atoms with Gasteiger partial charge in [0.05, 0.1) is 17.2 Å². The molecule has 0 aliphatic carbocycles. The molecule has 0 amide bonds. The summed E-state index contributed by atoms with van der Waals surface area (Å²) in [5, 5.41) is 10.9. The predicted octanol–water partition coefficient (Wildman–Crippen LogP) is 2.16.